The number of halogens is 1. The summed E-state index contributed by atoms with van der Waals surface area (Å²) in [4.78, 5) is 28.2. The molecule has 1 aliphatic rings. The summed E-state index contributed by atoms with van der Waals surface area (Å²) in [5.74, 6) is -0.457. The van der Waals surface area contributed by atoms with Crippen molar-refractivity contribution in [1.82, 2.24) is 14.8 Å². The van der Waals surface area contributed by atoms with E-state index < -0.39 is 5.91 Å². The van der Waals surface area contributed by atoms with E-state index in [0.29, 0.717) is 10.6 Å². The molecule has 8 heteroatoms. The number of benzene rings is 1. The Hall–Kier alpha value is -3.19. The molecule has 0 aliphatic heterocycles. The van der Waals surface area contributed by atoms with E-state index in [1.54, 1.807) is 23.0 Å². The van der Waals surface area contributed by atoms with Gasteiger partial charge < -0.3 is 11.1 Å². The van der Waals surface area contributed by atoms with Crippen molar-refractivity contribution in [1.29, 1.82) is 0 Å². The normalized spacial score (nSPS) is 13.4. The van der Waals surface area contributed by atoms with Crippen molar-refractivity contribution in [2.24, 2.45) is 5.73 Å². The lowest BCUT2D eigenvalue weighted by Crippen LogP contribution is -2.18. The molecule has 0 atom stereocenters. The number of primary amides is 1. The van der Waals surface area contributed by atoms with Crippen LogP contribution in [0.5, 0.6) is 0 Å². The van der Waals surface area contributed by atoms with Gasteiger partial charge in [0.1, 0.15) is 11.5 Å². The molecule has 2 heterocycles. The summed E-state index contributed by atoms with van der Waals surface area (Å²) in [5, 5.41) is 7.80. The number of nitrogens with one attached hydrogen (secondary N) is 1. The fourth-order valence-corrected chi connectivity index (χ4v) is 3.20. The van der Waals surface area contributed by atoms with Crippen LogP contribution >= 0.6 is 11.6 Å². The van der Waals surface area contributed by atoms with E-state index in [1.807, 2.05) is 25.1 Å². The van der Waals surface area contributed by atoms with Gasteiger partial charge in [-0.25, -0.2) is 9.67 Å². The van der Waals surface area contributed by atoms with Crippen LogP contribution in [-0.4, -0.2) is 26.6 Å². The SMILES string of the molecule is Cc1ccc(-n2ncc(C(=O)Nc3cccc(C(N)=O)n3)c2C2CC2)cc1Cl. The topological polar surface area (TPSA) is 103 Å². The zero-order valence-corrected chi connectivity index (χ0v) is 15.9. The van der Waals surface area contributed by atoms with Crippen LogP contribution in [0.2, 0.25) is 5.02 Å². The average Bonchev–Trinajstić information content (AvgIpc) is 3.42. The van der Waals surface area contributed by atoms with E-state index in [1.165, 1.54) is 6.07 Å². The second-order valence-corrected chi connectivity index (χ2v) is 7.20. The number of pyridine rings is 1. The summed E-state index contributed by atoms with van der Waals surface area (Å²) >= 11 is 6.26. The van der Waals surface area contributed by atoms with Crippen molar-refractivity contribution in [2.45, 2.75) is 25.7 Å². The van der Waals surface area contributed by atoms with E-state index in [0.717, 1.165) is 29.8 Å². The molecule has 2 aromatic heterocycles. The Labute approximate surface area is 166 Å². The fourth-order valence-electron chi connectivity index (χ4n) is 3.03. The van der Waals surface area contributed by atoms with E-state index in [2.05, 4.69) is 15.4 Å². The van der Waals surface area contributed by atoms with Gasteiger partial charge in [-0.2, -0.15) is 5.10 Å². The van der Waals surface area contributed by atoms with Crippen LogP contribution < -0.4 is 11.1 Å². The van der Waals surface area contributed by atoms with Crippen molar-refractivity contribution in [3.05, 3.63) is 70.1 Å². The maximum atomic E-state index is 12.9. The third-order valence-corrected chi connectivity index (χ3v) is 5.07. The van der Waals surface area contributed by atoms with Crippen molar-refractivity contribution >= 4 is 29.2 Å². The molecule has 28 heavy (non-hydrogen) atoms. The number of aryl methyl sites for hydroxylation is 1. The minimum atomic E-state index is -0.654. The number of aromatic nitrogens is 3. The van der Waals surface area contributed by atoms with Gasteiger partial charge >= 0.3 is 0 Å². The first kappa shape index (κ1) is 18.2. The van der Waals surface area contributed by atoms with E-state index in [9.17, 15) is 9.59 Å². The number of hydrogen-bond acceptors (Lipinski definition) is 4. The minimum absolute atomic E-state index is 0.0882. The van der Waals surface area contributed by atoms with Crippen LogP contribution in [0.4, 0.5) is 5.82 Å². The van der Waals surface area contributed by atoms with Gasteiger partial charge in [-0.3, -0.25) is 9.59 Å². The largest absolute Gasteiger partial charge is 0.364 e. The van der Waals surface area contributed by atoms with Gasteiger partial charge in [0.05, 0.1) is 23.1 Å². The number of amides is 2. The van der Waals surface area contributed by atoms with Crippen molar-refractivity contribution < 1.29 is 9.59 Å². The molecule has 0 bridgehead atoms. The first-order chi connectivity index (χ1) is 13.4. The molecule has 1 saturated carbocycles. The Morgan fingerprint density at radius 2 is 2.04 bits per heavy atom. The highest BCUT2D eigenvalue weighted by atomic mass is 35.5. The lowest BCUT2D eigenvalue weighted by Gasteiger charge is -2.10. The van der Waals surface area contributed by atoms with Crippen molar-refractivity contribution in [3.8, 4) is 5.69 Å². The van der Waals surface area contributed by atoms with Gasteiger partial charge in [-0.1, -0.05) is 23.7 Å². The highest BCUT2D eigenvalue weighted by Gasteiger charge is 2.33. The van der Waals surface area contributed by atoms with Gasteiger partial charge in [-0.05, 0) is 49.6 Å². The smallest absolute Gasteiger partial charge is 0.267 e. The predicted octanol–water partition coefficient (Wildman–Crippen LogP) is 3.46. The Bertz CT molecular complexity index is 1090. The number of carbonyl (C=O) groups excluding carboxylic acids is 2. The van der Waals surface area contributed by atoms with Gasteiger partial charge in [0.2, 0.25) is 0 Å². The summed E-state index contributed by atoms with van der Waals surface area (Å²) in [6, 6.07) is 10.4. The van der Waals surface area contributed by atoms with Crippen molar-refractivity contribution in [2.75, 3.05) is 5.32 Å². The Balaban J connectivity index is 1.67. The van der Waals surface area contributed by atoms with Gasteiger partial charge in [0.25, 0.3) is 11.8 Å². The number of nitrogens with two attached hydrogens (primary N) is 1. The van der Waals surface area contributed by atoms with Gasteiger partial charge in [0.15, 0.2) is 0 Å². The highest BCUT2D eigenvalue weighted by Crippen LogP contribution is 2.42. The molecule has 0 spiro atoms. The quantitative estimate of drug-likeness (QED) is 0.690. The number of anilines is 1. The molecule has 1 aliphatic carbocycles. The number of hydrogen-bond donors (Lipinski definition) is 2. The van der Waals surface area contributed by atoms with E-state index in [-0.39, 0.29) is 23.3 Å². The molecule has 0 unspecified atom stereocenters. The molecule has 0 saturated heterocycles. The monoisotopic (exact) mass is 395 g/mol. The molecule has 1 fully saturated rings. The highest BCUT2D eigenvalue weighted by molar-refractivity contribution is 6.31. The van der Waals surface area contributed by atoms with Crippen LogP contribution in [0.3, 0.4) is 0 Å². The van der Waals surface area contributed by atoms with Crippen molar-refractivity contribution in [3.63, 3.8) is 0 Å². The zero-order valence-electron chi connectivity index (χ0n) is 15.1. The molecule has 0 radical (unpaired) electrons. The van der Waals surface area contributed by atoms with Crippen LogP contribution in [0.15, 0.2) is 42.6 Å². The van der Waals surface area contributed by atoms with Crippen LogP contribution in [0.1, 0.15) is 50.9 Å². The van der Waals surface area contributed by atoms with Crippen LogP contribution in [0.25, 0.3) is 5.69 Å². The third kappa shape index (κ3) is 3.48. The van der Waals surface area contributed by atoms with Gasteiger partial charge in [-0.15, -0.1) is 0 Å². The standard InChI is InChI=1S/C20H18ClN5O2/c1-11-5-8-13(9-15(11)21)26-18(12-6-7-12)14(10-23-26)20(28)25-17-4-2-3-16(24-17)19(22)27/h2-5,8-10,12H,6-7H2,1H3,(H2,22,27)(H,24,25,28). The molecule has 142 valence electrons. The molecular formula is C20H18ClN5O2. The number of nitrogens with zero attached hydrogens (tertiary/aromatic N) is 3. The lowest BCUT2D eigenvalue weighted by atomic mass is 10.1. The Morgan fingerprint density at radius 1 is 1.25 bits per heavy atom. The molecule has 3 aromatic rings. The second-order valence-electron chi connectivity index (χ2n) is 6.79. The first-order valence-corrected chi connectivity index (χ1v) is 9.24. The summed E-state index contributed by atoms with van der Waals surface area (Å²) < 4.78 is 1.77. The van der Waals surface area contributed by atoms with Crippen LogP contribution in [0, 0.1) is 6.92 Å². The maximum Gasteiger partial charge on any atom is 0.267 e. The predicted molar refractivity (Wildman–Crippen MR) is 106 cm³/mol. The summed E-state index contributed by atoms with van der Waals surface area (Å²) in [6.45, 7) is 1.93. The van der Waals surface area contributed by atoms with E-state index >= 15 is 0 Å². The summed E-state index contributed by atoms with van der Waals surface area (Å²) in [5.41, 5.74) is 8.45. The zero-order chi connectivity index (χ0) is 19.8. The average molecular weight is 396 g/mol. The van der Waals surface area contributed by atoms with E-state index in [4.69, 9.17) is 17.3 Å². The van der Waals surface area contributed by atoms with Crippen LogP contribution in [-0.2, 0) is 0 Å². The molecule has 3 N–H and O–H groups in total. The Kier molecular flexibility index (Phi) is 4.60. The molecule has 4 rings (SSSR count). The number of carbonyl (C=O) groups is 2. The third-order valence-electron chi connectivity index (χ3n) is 4.66. The lowest BCUT2D eigenvalue weighted by molar-refractivity contribution is 0.0991. The Morgan fingerprint density at radius 3 is 2.71 bits per heavy atom. The minimum Gasteiger partial charge on any atom is -0.364 e. The summed E-state index contributed by atoms with van der Waals surface area (Å²) in [7, 11) is 0. The first-order valence-electron chi connectivity index (χ1n) is 8.86. The second kappa shape index (κ2) is 7.09. The number of rotatable bonds is 5. The molecule has 7 nitrogen and oxygen atoms in total. The molecular weight excluding hydrogens is 378 g/mol. The summed E-state index contributed by atoms with van der Waals surface area (Å²) in [6.07, 6.45) is 3.55. The molecule has 2 amide bonds. The molecule has 1 aromatic carbocycles. The van der Waals surface area contributed by atoms with Gasteiger partial charge in [0, 0.05) is 10.9 Å². The maximum absolute atomic E-state index is 12.9. The fraction of sp³-hybridized carbons (Fsp3) is 0.200.